The van der Waals surface area contributed by atoms with E-state index in [0.717, 1.165) is 0 Å². The van der Waals surface area contributed by atoms with Crippen molar-refractivity contribution in [1.29, 1.82) is 0 Å². The highest BCUT2D eigenvalue weighted by atomic mass is 16.5. The zero-order chi connectivity index (χ0) is 14.8. The summed E-state index contributed by atoms with van der Waals surface area (Å²) in [4.78, 5) is 12.6. The Morgan fingerprint density at radius 2 is 1.86 bits per heavy atom. The third-order valence-electron chi connectivity index (χ3n) is 4.28. The van der Waals surface area contributed by atoms with Crippen molar-refractivity contribution < 1.29 is 9.53 Å². The second-order valence-electron chi connectivity index (χ2n) is 5.50. The van der Waals surface area contributed by atoms with Crippen LogP contribution in [0.15, 0.2) is 42.5 Å². The molecule has 0 aromatic heterocycles. The van der Waals surface area contributed by atoms with E-state index in [4.69, 9.17) is 10.5 Å². The molecule has 0 amide bonds. The van der Waals surface area contributed by atoms with E-state index in [0.29, 0.717) is 28.5 Å². The summed E-state index contributed by atoms with van der Waals surface area (Å²) in [5.41, 5.74) is 8.88. The molecule has 1 saturated carbocycles. The van der Waals surface area contributed by atoms with Crippen molar-refractivity contribution in [2.45, 2.75) is 25.2 Å². The molecule has 2 aromatic carbocycles. The van der Waals surface area contributed by atoms with Crippen LogP contribution in [0.25, 0.3) is 0 Å². The quantitative estimate of drug-likeness (QED) is 0.685. The van der Waals surface area contributed by atoms with E-state index in [-0.39, 0.29) is 5.78 Å². The first kappa shape index (κ1) is 13.7. The second-order valence-corrected chi connectivity index (χ2v) is 5.50. The average Bonchev–Trinajstić information content (AvgIpc) is 2.46. The van der Waals surface area contributed by atoms with Crippen LogP contribution in [0.4, 0.5) is 5.69 Å². The molecule has 2 aromatic rings. The first-order chi connectivity index (χ1) is 10.2. The molecule has 1 aliphatic rings. The zero-order valence-electron chi connectivity index (χ0n) is 12.1. The van der Waals surface area contributed by atoms with Gasteiger partial charge in [0, 0.05) is 11.1 Å². The highest BCUT2D eigenvalue weighted by Gasteiger charge is 2.20. The minimum Gasteiger partial charge on any atom is -0.495 e. The number of ether oxygens (including phenoxy) is 1. The molecule has 0 bridgehead atoms. The SMILES string of the molecule is COc1cccc(C(=O)c2ccc(C3CCC3)cc2)c1N. The highest BCUT2D eigenvalue weighted by Crippen LogP contribution is 2.36. The molecule has 0 heterocycles. The molecule has 21 heavy (non-hydrogen) atoms. The van der Waals surface area contributed by atoms with Crippen molar-refractivity contribution >= 4 is 11.5 Å². The van der Waals surface area contributed by atoms with Gasteiger partial charge in [0.2, 0.25) is 0 Å². The minimum absolute atomic E-state index is 0.0634. The Morgan fingerprint density at radius 1 is 1.14 bits per heavy atom. The van der Waals surface area contributed by atoms with Crippen molar-refractivity contribution in [2.75, 3.05) is 12.8 Å². The molecule has 0 radical (unpaired) electrons. The lowest BCUT2D eigenvalue weighted by molar-refractivity contribution is 0.103. The van der Waals surface area contributed by atoms with Gasteiger partial charge in [-0.1, -0.05) is 36.8 Å². The van der Waals surface area contributed by atoms with E-state index in [1.54, 1.807) is 25.3 Å². The van der Waals surface area contributed by atoms with Crippen molar-refractivity contribution in [2.24, 2.45) is 0 Å². The van der Waals surface area contributed by atoms with Crippen LogP contribution < -0.4 is 10.5 Å². The fourth-order valence-electron chi connectivity index (χ4n) is 2.72. The van der Waals surface area contributed by atoms with Gasteiger partial charge in [0.15, 0.2) is 5.78 Å². The van der Waals surface area contributed by atoms with E-state index >= 15 is 0 Å². The zero-order valence-corrected chi connectivity index (χ0v) is 12.1. The lowest BCUT2D eigenvalue weighted by atomic mass is 9.80. The summed E-state index contributed by atoms with van der Waals surface area (Å²) in [5, 5.41) is 0. The number of benzene rings is 2. The number of carbonyl (C=O) groups is 1. The van der Waals surface area contributed by atoms with Gasteiger partial charge in [-0.05, 0) is 36.5 Å². The summed E-state index contributed by atoms with van der Waals surface area (Å²) in [5.74, 6) is 1.15. The van der Waals surface area contributed by atoms with Crippen LogP contribution in [-0.4, -0.2) is 12.9 Å². The minimum atomic E-state index is -0.0634. The highest BCUT2D eigenvalue weighted by molar-refractivity contribution is 6.12. The molecular formula is C18H19NO2. The molecule has 0 spiro atoms. The summed E-state index contributed by atoms with van der Waals surface area (Å²) in [7, 11) is 1.55. The Kier molecular flexibility index (Phi) is 3.65. The van der Waals surface area contributed by atoms with Crippen LogP contribution in [0.3, 0.4) is 0 Å². The maximum Gasteiger partial charge on any atom is 0.195 e. The van der Waals surface area contributed by atoms with Crippen LogP contribution in [0.1, 0.15) is 46.7 Å². The van der Waals surface area contributed by atoms with Gasteiger partial charge >= 0.3 is 0 Å². The van der Waals surface area contributed by atoms with Gasteiger partial charge in [-0.25, -0.2) is 0 Å². The van der Waals surface area contributed by atoms with Crippen LogP contribution in [0.5, 0.6) is 5.75 Å². The van der Waals surface area contributed by atoms with Crippen molar-refractivity contribution in [3.63, 3.8) is 0 Å². The van der Waals surface area contributed by atoms with Gasteiger partial charge in [0.25, 0.3) is 0 Å². The predicted octanol–water partition coefficient (Wildman–Crippen LogP) is 3.78. The average molecular weight is 281 g/mol. The van der Waals surface area contributed by atoms with Crippen LogP contribution in [-0.2, 0) is 0 Å². The van der Waals surface area contributed by atoms with E-state index < -0.39 is 0 Å². The molecule has 108 valence electrons. The van der Waals surface area contributed by atoms with E-state index in [1.165, 1.54) is 24.8 Å². The number of ketones is 1. The van der Waals surface area contributed by atoms with Gasteiger partial charge in [-0.3, -0.25) is 4.79 Å². The number of hydrogen-bond acceptors (Lipinski definition) is 3. The van der Waals surface area contributed by atoms with Gasteiger partial charge in [-0.2, -0.15) is 0 Å². The molecule has 0 atom stereocenters. The van der Waals surface area contributed by atoms with E-state index in [9.17, 15) is 4.79 Å². The number of nitrogens with two attached hydrogens (primary N) is 1. The second kappa shape index (κ2) is 5.60. The molecular weight excluding hydrogens is 262 g/mol. The maximum absolute atomic E-state index is 12.6. The number of nitrogen functional groups attached to an aromatic ring is 1. The van der Waals surface area contributed by atoms with Crippen LogP contribution >= 0.6 is 0 Å². The number of para-hydroxylation sites is 1. The number of methoxy groups -OCH3 is 1. The third kappa shape index (κ3) is 2.51. The molecule has 3 heteroatoms. The smallest absolute Gasteiger partial charge is 0.195 e. The number of hydrogen-bond donors (Lipinski definition) is 1. The summed E-state index contributed by atoms with van der Waals surface area (Å²) < 4.78 is 5.17. The van der Waals surface area contributed by atoms with Crippen LogP contribution in [0, 0.1) is 0 Å². The standard InChI is InChI=1S/C18H19NO2/c1-21-16-7-3-6-15(17(16)19)18(20)14-10-8-13(9-11-14)12-4-2-5-12/h3,6-12H,2,4-5,19H2,1H3. The molecule has 1 aliphatic carbocycles. The Hall–Kier alpha value is -2.29. The molecule has 0 aliphatic heterocycles. The third-order valence-corrected chi connectivity index (χ3v) is 4.28. The Bertz CT molecular complexity index is 657. The maximum atomic E-state index is 12.6. The van der Waals surface area contributed by atoms with Crippen molar-refractivity contribution in [3.05, 3.63) is 59.2 Å². The van der Waals surface area contributed by atoms with Gasteiger partial charge in [0.05, 0.1) is 12.8 Å². The number of anilines is 1. The number of rotatable bonds is 4. The fourth-order valence-corrected chi connectivity index (χ4v) is 2.72. The van der Waals surface area contributed by atoms with E-state index in [2.05, 4.69) is 12.1 Å². The Labute approximate surface area is 124 Å². The fraction of sp³-hybridized carbons (Fsp3) is 0.278. The van der Waals surface area contributed by atoms with Gasteiger partial charge < -0.3 is 10.5 Å². The largest absolute Gasteiger partial charge is 0.495 e. The lowest BCUT2D eigenvalue weighted by Crippen LogP contribution is -2.10. The van der Waals surface area contributed by atoms with Gasteiger partial charge in [0.1, 0.15) is 5.75 Å². The van der Waals surface area contributed by atoms with Crippen molar-refractivity contribution in [3.8, 4) is 5.75 Å². The first-order valence-corrected chi connectivity index (χ1v) is 7.28. The summed E-state index contributed by atoms with van der Waals surface area (Å²) in [6.45, 7) is 0. The summed E-state index contributed by atoms with van der Waals surface area (Å²) in [6, 6.07) is 13.2. The van der Waals surface area contributed by atoms with Gasteiger partial charge in [-0.15, -0.1) is 0 Å². The topological polar surface area (TPSA) is 52.3 Å². The molecule has 3 nitrogen and oxygen atoms in total. The van der Waals surface area contributed by atoms with Crippen LogP contribution in [0.2, 0.25) is 0 Å². The molecule has 3 rings (SSSR count). The normalized spacial score (nSPS) is 14.5. The van der Waals surface area contributed by atoms with Crippen molar-refractivity contribution in [1.82, 2.24) is 0 Å². The van der Waals surface area contributed by atoms with E-state index in [1.807, 2.05) is 12.1 Å². The predicted molar refractivity (Wildman–Crippen MR) is 83.9 cm³/mol. The number of carbonyl (C=O) groups excluding carboxylic acids is 1. The Morgan fingerprint density at radius 3 is 2.43 bits per heavy atom. The lowest BCUT2D eigenvalue weighted by Gasteiger charge is -2.25. The molecule has 0 unspecified atom stereocenters. The first-order valence-electron chi connectivity index (χ1n) is 7.28. The monoisotopic (exact) mass is 281 g/mol. The Balaban J connectivity index is 1.88. The summed E-state index contributed by atoms with van der Waals surface area (Å²) in [6.07, 6.45) is 3.83. The molecule has 0 saturated heterocycles. The summed E-state index contributed by atoms with van der Waals surface area (Å²) >= 11 is 0. The molecule has 2 N–H and O–H groups in total. The molecule has 1 fully saturated rings.